The van der Waals surface area contributed by atoms with Crippen molar-refractivity contribution >= 4 is 12.2 Å². The number of H-pyrrole nitrogens is 1. The molecule has 2 rings (SSSR count). The van der Waals surface area contributed by atoms with E-state index < -0.39 is 0 Å². The zero-order valence-corrected chi connectivity index (χ0v) is 8.36. The summed E-state index contributed by atoms with van der Waals surface area (Å²) in [5.74, 6) is 1.64. The van der Waals surface area contributed by atoms with Gasteiger partial charge in [0.2, 0.25) is 0 Å². The Balaban J connectivity index is 2.30. The molecule has 1 saturated carbocycles. The molecule has 0 saturated heterocycles. The van der Waals surface area contributed by atoms with E-state index in [0.717, 1.165) is 11.5 Å². The van der Waals surface area contributed by atoms with E-state index in [4.69, 9.17) is 17.0 Å². The quantitative estimate of drug-likeness (QED) is 0.753. The Bertz CT molecular complexity index is 357. The first-order valence-electron chi connectivity index (χ1n) is 4.38. The molecule has 0 amide bonds. The van der Waals surface area contributed by atoms with Crippen molar-refractivity contribution in [2.75, 3.05) is 7.11 Å². The standard InChI is InChI=1S/C9H12N2OS/c1-12-5-7-4-8(13)11-9(10-7)6-2-3-6/h4,6H,2-3,5H2,1H3,(H,10,11,13). The lowest BCUT2D eigenvalue weighted by molar-refractivity contribution is 0.181. The molecular formula is C9H12N2OS. The summed E-state index contributed by atoms with van der Waals surface area (Å²) in [7, 11) is 1.67. The Kier molecular flexibility index (Phi) is 2.42. The van der Waals surface area contributed by atoms with Gasteiger partial charge in [0.1, 0.15) is 10.5 Å². The monoisotopic (exact) mass is 196 g/mol. The average Bonchev–Trinajstić information content (AvgIpc) is 2.85. The fraction of sp³-hybridized carbons (Fsp3) is 0.556. The number of aromatic amines is 1. The molecule has 0 unspecified atom stereocenters. The minimum absolute atomic E-state index is 0.575. The van der Waals surface area contributed by atoms with Crippen LogP contribution in [0.25, 0.3) is 0 Å². The highest BCUT2D eigenvalue weighted by atomic mass is 32.1. The number of rotatable bonds is 3. The van der Waals surface area contributed by atoms with Gasteiger partial charge in [-0.25, -0.2) is 4.98 Å². The number of ether oxygens (including phenoxy) is 1. The van der Waals surface area contributed by atoms with Crippen molar-refractivity contribution in [2.45, 2.75) is 25.4 Å². The van der Waals surface area contributed by atoms with Gasteiger partial charge in [-0.05, 0) is 18.9 Å². The van der Waals surface area contributed by atoms with Crippen LogP contribution in [0, 0.1) is 4.64 Å². The minimum Gasteiger partial charge on any atom is -0.378 e. The van der Waals surface area contributed by atoms with Crippen molar-refractivity contribution in [3.63, 3.8) is 0 Å². The largest absolute Gasteiger partial charge is 0.378 e. The molecule has 1 aliphatic rings. The molecule has 0 bridgehead atoms. The van der Waals surface area contributed by atoms with Gasteiger partial charge in [-0.3, -0.25) is 0 Å². The van der Waals surface area contributed by atoms with Gasteiger partial charge in [-0.2, -0.15) is 0 Å². The molecular weight excluding hydrogens is 184 g/mol. The predicted octanol–water partition coefficient (Wildman–Crippen LogP) is 2.16. The van der Waals surface area contributed by atoms with Gasteiger partial charge >= 0.3 is 0 Å². The molecule has 0 spiro atoms. The van der Waals surface area contributed by atoms with Crippen molar-refractivity contribution in [2.24, 2.45) is 0 Å². The van der Waals surface area contributed by atoms with Crippen LogP contribution in [0.2, 0.25) is 0 Å². The second-order valence-electron chi connectivity index (χ2n) is 3.34. The molecule has 3 nitrogen and oxygen atoms in total. The SMILES string of the molecule is COCc1cc(=S)nc(C2CC2)[nH]1. The van der Waals surface area contributed by atoms with Gasteiger partial charge in [0, 0.05) is 18.7 Å². The lowest BCUT2D eigenvalue weighted by Crippen LogP contribution is -1.99. The molecule has 70 valence electrons. The van der Waals surface area contributed by atoms with E-state index in [-0.39, 0.29) is 0 Å². The molecule has 1 aromatic heterocycles. The predicted molar refractivity (Wildman–Crippen MR) is 52.1 cm³/mol. The van der Waals surface area contributed by atoms with E-state index in [2.05, 4.69) is 9.97 Å². The molecule has 0 atom stereocenters. The third-order valence-electron chi connectivity index (χ3n) is 2.08. The highest BCUT2D eigenvalue weighted by molar-refractivity contribution is 7.71. The molecule has 4 heteroatoms. The van der Waals surface area contributed by atoms with E-state index in [1.807, 2.05) is 6.07 Å². The summed E-state index contributed by atoms with van der Waals surface area (Å²) in [4.78, 5) is 7.53. The van der Waals surface area contributed by atoms with Crippen molar-refractivity contribution in [3.05, 3.63) is 22.2 Å². The Morgan fingerprint density at radius 2 is 2.46 bits per heavy atom. The molecule has 1 N–H and O–H groups in total. The maximum atomic E-state index is 5.06. The average molecular weight is 196 g/mol. The maximum Gasteiger partial charge on any atom is 0.130 e. The third-order valence-corrected chi connectivity index (χ3v) is 2.29. The van der Waals surface area contributed by atoms with Crippen molar-refractivity contribution in [1.82, 2.24) is 9.97 Å². The van der Waals surface area contributed by atoms with E-state index in [1.54, 1.807) is 7.11 Å². The number of nitrogens with one attached hydrogen (secondary N) is 1. The summed E-state index contributed by atoms with van der Waals surface area (Å²) in [6.07, 6.45) is 2.46. The van der Waals surface area contributed by atoms with E-state index in [1.165, 1.54) is 12.8 Å². The first-order chi connectivity index (χ1) is 6.29. The van der Waals surface area contributed by atoms with Crippen LogP contribution in [0.4, 0.5) is 0 Å². The zero-order valence-electron chi connectivity index (χ0n) is 7.54. The molecule has 0 aromatic carbocycles. The summed E-state index contributed by atoms with van der Waals surface area (Å²) >= 11 is 5.06. The molecule has 1 heterocycles. The minimum atomic E-state index is 0.575. The number of aromatic nitrogens is 2. The van der Waals surface area contributed by atoms with Gasteiger partial charge in [-0.15, -0.1) is 0 Å². The van der Waals surface area contributed by atoms with Crippen LogP contribution in [0.3, 0.4) is 0 Å². The number of hydrogen-bond acceptors (Lipinski definition) is 3. The molecule has 0 aliphatic heterocycles. The maximum absolute atomic E-state index is 5.06. The van der Waals surface area contributed by atoms with Crippen molar-refractivity contribution in [3.8, 4) is 0 Å². The highest BCUT2D eigenvalue weighted by Crippen LogP contribution is 2.37. The number of hydrogen-bond donors (Lipinski definition) is 1. The van der Waals surface area contributed by atoms with Gasteiger partial charge in [0.15, 0.2) is 0 Å². The fourth-order valence-corrected chi connectivity index (χ4v) is 1.55. The van der Waals surface area contributed by atoms with Crippen LogP contribution in [0.1, 0.15) is 30.3 Å². The normalized spacial score (nSPS) is 16.1. The summed E-state index contributed by atoms with van der Waals surface area (Å²) < 4.78 is 5.69. The van der Waals surface area contributed by atoms with E-state index in [9.17, 15) is 0 Å². The lowest BCUT2D eigenvalue weighted by atomic mass is 10.3. The Labute approximate surface area is 82.2 Å². The first-order valence-corrected chi connectivity index (χ1v) is 4.79. The summed E-state index contributed by atoms with van der Waals surface area (Å²) in [6.45, 7) is 0.575. The molecule has 1 fully saturated rings. The summed E-state index contributed by atoms with van der Waals surface area (Å²) in [5.41, 5.74) is 1.02. The molecule has 0 radical (unpaired) electrons. The van der Waals surface area contributed by atoms with Gasteiger partial charge in [0.05, 0.1) is 6.61 Å². The zero-order chi connectivity index (χ0) is 9.26. The second kappa shape index (κ2) is 3.55. The lowest BCUT2D eigenvalue weighted by Gasteiger charge is -2.03. The highest BCUT2D eigenvalue weighted by Gasteiger charge is 2.25. The number of nitrogens with zero attached hydrogens (tertiary/aromatic N) is 1. The first kappa shape index (κ1) is 8.84. The fourth-order valence-electron chi connectivity index (χ4n) is 1.31. The van der Waals surface area contributed by atoms with Gasteiger partial charge < -0.3 is 9.72 Å². The molecule has 1 aliphatic carbocycles. The van der Waals surface area contributed by atoms with Crippen LogP contribution in [-0.2, 0) is 11.3 Å². The Hall–Kier alpha value is -0.740. The Morgan fingerprint density at radius 3 is 3.08 bits per heavy atom. The van der Waals surface area contributed by atoms with Crippen LogP contribution >= 0.6 is 12.2 Å². The van der Waals surface area contributed by atoms with Gasteiger partial charge in [-0.1, -0.05) is 12.2 Å². The van der Waals surface area contributed by atoms with Crippen LogP contribution in [0.15, 0.2) is 6.07 Å². The van der Waals surface area contributed by atoms with E-state index >= 15 is 0 Å². The number of methoxy groups -OCH3 is 1. The second-order valence-corrected chi connectivity index (χ2v) is 3.76. The Morgan fingerprint density at radius 1 is 1.69 bits per heavy atom. The van der Waals surface area contributed by atoms with E-state index in [0.29, 0.717) is 17.2 Å². The smallest absolute Gasteiger partial charge is 0.130 e. The van der Waals surface area contributed by atoms with Crippen LogP contribution in [0.5, 0.6) is 0 Å². The third kappa shape index (κ3) is 2.14. The summed E-state index contributed by atoms with van der Waals surface area (Å²) in [5, 5.41) is 0. The van der Waals surface area contributed by atoms with Crippen molar-refractivity contribution in [1.29, 1.82) is 0 Å². The topological polar surface area (TPSA) is 37.9 Å². The van der Waals surface area contributed by atoms with Crippen molar-refractivity contribution < 1.29 is 4.74 Å². The molecule has 13 heavy (non-hydrogen) atoms. The van der Waals surface area contributed by atoms with Crippen LogP contribution < -0.4 is 0 Å². The van der Waals surface area contributed by atoms with Gasteiger partial charge in [0.25, 0.3) is 0 Å². The summed E-state index contributed by atoms with van der Waals surface area (Å²) in [6, 6.07) is 1.85. The molecule has 1 aromatic rings. The van der Waals surface area contributed by atoms with Crippen LogP contribution in [-0.4, -0.2) is 17.1 Å².